The summed E-state index contributed by atoms with van der Waals surface area (Å²) in [5.41, 5.74) is 0. The molecule has 0 atom stereocenters. The lowest BCUT2D eigenvalue weighted by Crippen LogP contribution is -2.46. The van der Waals surface area contributed by atoms with Crippen LogP contribution in [-0.2, 0) is 4.79 Å². The highest BCUT2D eigenvalue weighted by Crippen LogP contribution is 2.18. The first-order chi connectivity index (χ1) is 10.1. The van der Waals surface area contributed by atoms with Gasteiger partial charge in [-0.15, -0.1) is 0 Å². The van der Waals surface area contributed by atoms with E-state index in [1.807, 2.05) is 0 Å². The average Bonchev–Trinajstić information content (AvgIpc) is 2.49. The number of carbonyl (C=O) groups is 2. The van der Waals surface area contributed by atoms with Gasteiger partial charge in [-0.3, -0.25) is 4.79 Å². The molecule has 122 valence electrons. The van der Waals surface area contributed by atoms with Crippen molar-refractivity contribution in [1.82, 2.24) is 15.1 Å². The van der Waals surface area contributed by atoms with E-state index in [0.29, 0.717) is 19.6 Å². The molecule has 1 aliphatic rings. The number of amides is 3. The highest BCUT2D eigenvalue weighted by atomic mass is 16.3. The second kappa shape index (κ2) is 9.60. The topological polar surface area (TPSA) is 72.9 Å². The molecule has 21 heavy (non-hydrogen) atoms. The summed E-state index contributed by atoms with van der Waals surface area (Å²) in [4.78, 5) is 27.2. The molecule has 0 saturated carbocycles. The molecule has 0 radical (unpaired) electrons. The summed E-state index contributed by atoms with van der Waals surface area (Å²) in [5.74, 6) is 0.155. The predicted molar refractivity (Wildman–Crippen MR) is 81.9 cm³/mol. The molecule has 0 aliphatic carbocycles. The Morgan fingerprint density at radius 1 is 1.14 bits per heavy atom. The summed E-state index contributed by atoms with van der Waals surface area (Å²) >= 11 is 0. The SMILES string of the molecule is CN(C)C(=O)N1CCC(C(=O)NCCCCCCO)CC1. The van der Waals surface area contributed by atoms with E-state index in [2.05, 4.69) is 5.32 Å². The highest BCUT2D eigenvalue weighted by molar-refractivity contribution is 5.79. The molecule has 1 aliphatic heterocycles. The van der Waals surface area contributed by atoms with Crippen LogP contribution in [0.4, 0.5) is 4.79 Å². The number of likely N-dealkylation sites (tertiary alicyclic amines) is 1. The van der Waals surface area contributed by atoms with Crippen molar-refractivity contribution in [3.05, 3.63) is 0 Å². The number of hydrogen-bond acceptors (Lipinski definition) is 3. The van der Waals surface area contributed by atoms with E-state index in [-0.39, 0.29) is 24.5 Å². The van der Waals surface area contributed by atoms with Gasteiger partial charge >= 0.3 is 6.03 Å². The van der Waals surface area contributed by atoms with Gasteiger partial charge in [-0.1, -0.05) is 12.8 Å². The molecule has 6 heteroatoms. The van der Waals surface area contributed by atoms with Gasteiger partial charge in [0, 0.05) is 46.3 Å². The number of unbranched alkanes of at least 4 members (excludes halogenated alkanes) is 3. The molecule has 0 aromatic rings. The lowest BCUT2D eigenvalue weighted by molar-refractivity contribution is -0.126. The zero-order chi connectivity index (χ0) is 15.7. The molecule has 1 rings (SSSR count). The van der Waals surface area contributed by atoms with E-state index in [1.165, 1.54) is 0 Å². The monoisotopic (exact) mass is 299 g/mol. The van der Waals surface area contributed by atoms with E-state index in [1.54, 1.807) is 23.9 Å². The summed E-state index contributed by atoms with van der Waals surface area (Å²) < 4.78 is 0. The number of nitrogens with zero attached hydrogens (tertiary/aromatic N) is 2. The zero-order valence-corrected chi connectivity index (χ0v) is 13.3. The third kappa shape index (κ3) is 6.33. The van der Waals surface area contributed by atoms with Gasteiger partial charge in [-0.2, -0.15) is 0 Å². The van der Waals surface area contributed by atoms with Crippen molar-refractivity contribution in [2.24, 2.45) is 5.92 Å². The lowest BCUT2D eigenvalue weighted by Gasteiger charge is -2.33. The number of rotatable bonds is 7. The Morgan fingerprint density at radius 2 is 1.76 bits per heavy atom. The summed E-state index contributed by atoms with van der Waals surface area (Å²) in [5, 5.41) is 11.7. The van der Waals surface area contributed by atoms with Crippen LogP contribution in [0.25, 0.3) is 0 Å². The van der Waals surface area contributed by atoms with Crippen LogP contribution < -0.4 is 5.32 Å². The fourth-order valence-corrected chi connectivity index (χ4v) is 2.56. The van der Waals surface area contributed by atoms with Crippen molar-refractivity contribution >= 4 is 11.9 Å². The van der Waals surface area contributed by atoms with Crippen LogP contribution in [-0.4, -0.2) is 67.2 Å². The quantitative estimate of drug-likeness (QED) is 0.690. The van der Waals surface area contributed by atoms with Gasteiger partial charge in [0.15, 0.2) is 0 Å². The van der Waals surface area contributed by atoms with Crippen molar-refractivity contribution in [3.8, 4) is 0 Å². The van der Waals surface area contributed by atoms with Crippen molar-refractivity contribution in [1.29, 1.82) is 0 Å². The maximum Gasteiger partial charge on any atom is 0.319 e. The lowest BCUT2D eigenvalue weighted by atomic mass is 9.96. The molecule has 1 saturated heterocycles. The second-order valence-electron chi connectivity index (χ2n) is 5.87. The van der Waals surface area contributed by atoms with E-state index >= 15 is 0 Å². The summed E-state index contributed by atoms with van der Waals surface area (Å²) in [7, 11) is 3.50. The van der Waals surface area contributed by atoms with Gasteiger partial charge < -0.3 is 20.2 Å². The Balaban J connectivity index is 2.16. The number of aliphatic hydroxyl groups is 1. The normalized spacial score (nSPS) is 15.9. The minimum absolute atomic E-state index is 0.0257. The van der Waals surface area contributed by atoms with Crippen LogP contribution in [0.1, 0.15) is 38.5 Å². The van der Waals surface area contributed by atoms with E-state index in [9.17, 15) is 9.59 Å². The molecule has 1 fully saturated rings. The van der Waals surface area contributed by atoms with Crippen molar-refractivity contribution in [3.63, 3.8) is 0 Å². The van der Waals surface area contributed by atoms with Crippen LogP contribution >= 0.6 is 0 Å². The summed E-state index contributed by atoms with van der Waals surface area (Å²) in [6.45, 7) is 2.27. The molecular weight excluding hydrogens is 270 g/mol. The number of nitrogens with one attached hydrogen (secondary N) is 1. The Morgan fingerprint density at radius 3 is 2.33 bits per heavy atom. The molecular formula is C15H29N3O3. The molecule has 0 aromatic heterocycles. The minimum atomic E-state index is 0.0257. The number of hydrogen-bond donors (Lipinski definition) is 2. The molecule has 0 bridgehead atoms. The Kier molecular flexibility index (Phi) is 8.12. The maximum atomic E-state index is 12.0. The van der Waals surface area contributed by atoms with Crippen LogP contribution in [0.15, 0.2) is 0 Å². The first-order valence-corrected chi connectivity index (χ1v) is 7.91. The van der Waals surface area contributed by atoms with Gasteiger partial charge in [0.05, 0.1) is 0 Å². The van der Waals surface area contributed by atoms with E-state index in [0.717, 1.165) is 38.5 Å². The fraction of sp³-hybridized carbons (Fsp3) is 0.867. The van der Waals surface area contributed by atoms with Gasteiger partial charge in [0.2, 0.25) is 5.91 Å². The number of urea groups is 1. The van der Waals surface area contributed by atoms with Gasteiger partial charge in [0.1, 0.15) is 0 Å². The van der Waals surface area contributed by atoms with Crippen LogP contribution in [0.3, 0.4) is 0 Å². The molecule has 0 aromatic carbocycles. The third-order valence-electron chi connectivity index (χ3n) is 3.90. The van der Waals surface area contributed by atoms with Gasteiger partial charge in [-0.05, 0) is 25.7 Å². The van der Waals surface area contributed by atoms with E-state index in [4.69, 9.17) is 5.11 Å². The van der Waals surface area contributed by atoms with Crippen molar-refractivity contribution in [2.45, 2.75) is 38.5 Å². The minimum Gasteiger partial charge on any atom is -0.396 e. The second-order valence-corrected chi connectivity index (χ2v) is 5.87. The van der Waals surface area contributed by atoms with Gasteiger partial charge in [0.25, 0.3) is 0 Å². The zero-order valence-electron chi connectivity index (χ0n) is 13.3. The Hall–Kier alpha value is -1.30. The third-order valence-corrected chi connectivity index (χ3v) is 3.90. The van der Waals surface area contributed by atoms with Gasteiger partial charge in [-0.25, -0.2) is 4.79 Å². The number of carbonyl (C=O) groups excluding carboxylic acids is 2. The van der Waals surface area contributed by atoms with Crippen LogP contribution in [0, 0.1) is 5.92 Å². The molecule has 0 spiro atoms. The molecule has 0 unspecified atom stereocenters. The largest absolute Gasteiger partial charge is 0.396 e. The first kappa shape index (κ1) is 17.8. The number of aliphatic hydroxyl groups excluding tert-OH is 1. The first-order valence-electron chi connectivity index (χ1n) is 7.91. The molecule has 2 N–H and O–H groups in total. The van der Waals surface area contributed by atoms with Crippen molar-refractivity contribution < 1.29 is 14.7 Å². The average molecular weight is 299 g/mol. The van der Waals surface area contributed by atoms with E-state index < -0.39 is 0 Å². The summed E-state index contributed by atoms with van der Waals surface area (Å²) in [6, 6.07) is 0.0257. The molecule has 1 heterocycles. The van der Waals surface area contributed by atoms with Crippen molar-refractivity contribution in [2.75, 3.05) is 40.3 Å². The predicted octanol–water partition coefficient (Wildman–Crippen LogP) is 1.05. The Bertz CT molecular complexity index is 326. The highest BCUT2D eigenvalue weighted by Gasteiger charge is 2.27. The fourth-order valence-electron chi connectivity index (χ4n) is 2.56. The smallest absolute Gasteiger partial charge is 0.319 e. The summed E-state index contributed by atoms with van der Waals surface area (Å²) in [6.07, 6.45) is 5.34. The standard InChI is InChI=1S/C15H29N3O3/c1-17(2)15(21)18-10-7-13(8-11-18)14(20)16-9-5-3-4-6-12-19/h13,19H,3-12H2,1-2H3,(H,16,20). The molecule has 3 amide bonds. The number of piperidine rings is 1. The van der Waals surface area contributed by atoms with Crippen LogP contribution in [0.5, 0.6) is 0 Å². The Labute approximate surface area is 127 Å². The van der Waals surface area contributed by atoms with Crippen LogP contribution in [0.2, 0.25) is 0 Å². The maximum absolute atomic E-state index is 12.0. The molecule has 6 nitrogen and oxygen atoms in total.